The molecule has 0 radical (unpaired) electrons. The van der Waals surface area contributed by atoms with Crippen LogP contribution in [0.1, 0.15) is 18.1 Å². The van der Waals surface area contributed by atoms with Crippen LogP contribution in [0.15, 0.2) is 61.1 Å². The van der Waals surface area contributed by atoms with Crippen molar-refractivity contribution in [1.82, 2.24) is 24.7 Å². The van der Waals surface area contributed by atoms with Gasteiger partial charge in [-0.2, -0.15) is 5.10 Å². The van der Waals surface area contributed by atoms with Crippen molar-refractivity contribution in [1.29, 1.82) is 0 Å². The first kappa shape index (κ1) is 25.0. The molecule has 0 saturated heterocycles. The van der Waals surface area contributed by atoms with Crippen molar-refractivity contribution in [3.8, 4) is 23.0 Å². The minimum atomic E-state index is -0.723. The first-order chi connectivity index (χ1) is 18.5. The summed E-state index contributed by atoms with van der Waals surface area (Å²) in [6.07, 6.45) is 4.64. The highest BCUT2D eigenvalue weighted by Crippen LogP contribution is 2.32. The maximum Gasteiger partial charge on any atom is 0.183 e. The lowest BCUT2D eigenvalue weighted by atomic mass is 10.1. The van der Waals surface area contributed by atoms with E-state index in [4.69, 9.17) is 9.47 Å². The fraction of sp³-hybridized carbons (Fsp3) is 0.185. The van der Waals surface area contributed by atoms with Gasteiger partial charge in [-0.25, -0.2) is 18.7 Å². The van der Waals surface area contributed by atoms with E-state index in [0.29, 0.717) is 46.0 Å². The van der Waals surface area contributed by atoms with Crippen LogP contribution in [-0.4, -0.2) is 43.6 Å². The lowest BCUT2D eigenvalue weighted by Gasteiger charge is -2.13. The molecule has 38 heavy (non-hydrogen) atoms. The molecule has 9 nitrogen and oxygen atoms in total. The number of hydrogen-bond acceptors (Lipinski definition) is 8. The zero-order valence-corrected chi connectivity index (χ0v) is 20.7. The average Bonchev–Trinajstić information content (AvgIpc) is 3.29. The molecule has 3 aromatic heterocycles. The van der Waals surface area contributed by atoms with Gasteiger partial charge in [0, 0.05) is 46.7 Å². The Morgan fingerprint density at radius 2 is 1.87 bits per heavy atom. The largest absolute Gasteiger partial charge is 0.494 e. The number of aliphatic hydroxyl groups excluding tert-OH is 1. The summed E-state index contributed by atoms with van der Waals surface area (Å²) >= 11 is 0. The van der Waals surface area contributed by atoms with Gasteiger partial charge in [0.05, 0.1) is 38.6 Å². The highest BCUT2D eigenvalue weighted by molar-refractivity contribution is 5.92. The van der Waals surface area contributed by atoms with Gasteiger partial charge < -0.3 is 19.9 Å². The van der Waals surface area contributed by atoms with Crippen LogP contribution in [0.3, 0.4) is 0 Å². The second-order valence-electron chi connectivity index (χ2n) is 8.25. The molecule has 0 atom stereocenters. The number of nitrogens with zero attached hydrogens (tertiary/aromatic N) is 5. The van der Waals surface area contributed by atoms with E-state index in [0.717, 1.165) is 0 Å². The summed E-state index contributed by atoms with van der Waals surface area (Å²) < 4.78 is 41.8. The van der Waals surface area contributed by atoms with Crippen molar-refractivity contribution in [3.63, 3.8) is 0 Å². The van der Waals surface area contributed by atoms with Crippen LogP contribution in [0.4, 0.5) is 20.3 Å². The molecule has 11 heteroatoms. The standard InChI is InChI=1S/C27H24F2N6O3/c1-3-38-17-10-20(28)19(21(29)11-17)14-35-23-7-5-4-6-18(23)25(34-35)27-31-13-24(37-2)26(33-27)32-22-8-9-30-12-16(22)15-36/h4-13,36H,3,14-15H2,1-2H3,(H,30,31,32,33). The number of ether oxygens (including phenoxy) is 2. The zero-order chi connectivity index (χ0) is 26.6. The number of rotatable bonds is 9. The second-order valence-corrected chi connectivity index (χ2v) is 8.25. The second kappa shape index (κ2) is 10.8. The molecule has 0 unspecified atom stereocenters. The predicted molar refractivity (Wildman–Crippen MR) is 137 cm³/mol. The number of anilines is 2. The Labute approximate surface area is 216 Å². The third-order valence-corrected chi connectivity index (χ3v) is 5.91. The number of hydrogen-bond donors (Lipinski definition) is 2. The lowest BCUT2D eigenvalue weighted by Crippen LogP contribution is -2.07. The van der Waals surface area contributed by atoms with Gasteiger partial charge in [-0.15, -0.1) is 0 Å². The smallest absolute Gasteiger partial charge is 0.183 e. The van der Waals surface area contributed by atoms with Gasteiger partial charge in [0.2, 0.25) is 0 Å². The third kappa shape index (κ3) is 4.83. The van der Waals surface area contributed by atoms with Crippen molar-refractivity contribution >= 4 is 22.4 Å². The van der Waals surface area contributed by atoms with Gasteiger partial charge in [-0.05, 0) is 19.1 Å². The monoisotopic (exact) mass is 518 g/mol. The summed E-state index contributed by atoms with van der Waals surface area (Å²) in [5, 5.41) is 18.2. The maximum atomic E-state index is 14.8. The number of benzene rings is 2. The first-order valence-electron chi connectivity index (χ1n) is 11.8. The average molecular weight is 519 g/mol. The number of fused-ring (bicyclic) bond motifs is 1. The fourth-order valence-electron chi connectivity index (χ4n) is 4.07. The molecule has 2 aromatic carbocycles. The van der Waals surface area contributed by atoms with Crippen LogP contribution in [0.25, 0.3) is 22.4 Å². The molecule has 5 rings (SSSR count). The summed E-state index contributed by atoms with van der Waals surface area (Å²) in [5.41, 5.74) is 2.11. The van der Waals surface area contributed by atoms with Gasteiger partial charge in [0.15, 0.2) is 17.4 Å². The van der Waals surface area contributed by atoms with Gasteiger partial charge in [-0.1, -0.05) is 18.2 Å². The Hall–Kier alpha value is -4.64. The SMILES string of the molecule is CCOc1cc(F)c(Cn2nc(-c3ncc(OC)c(Nc4ccncc4CO)n3)c3ccccc32)c(F)c1. The molecule has 0 spiro atoms. The Bertz CT molecular complexity index is 1580. The minimum Gasteiger partial charge on any atom is -0.494 e. The van der Waals surface area contributed by atoms with Gasteiger partial charge in [-0.3, -0.25) is 9.67 Å². The number of pyridine rings is 1. The minimum absolute atomic E-state index is 0.127. The fourth-order valence-corrected chi connectivity index (χ4v) is 4.07. The Kier molecular flexibility index (Phi) is 7.09. The van der Waals surface area contributed by atoms with Crippen molar-refractivity contribution in [3.05, 3.63) is 83.8 Å². The molecule has 194 valence electrons. The molecular weight excluding hydrogens is 494 g/mol. The Morgan fingerprint density at radius 1 is 1.08 bits per heavy atom. The maximum absolute atomic E-state index is 14.8. The molecule has 0 aliphatic rings. The van der Waals surface area contributed by atoms with Crippen LogP contribution in [0.2, 0.25) is 0 Å². The normalized spacial score (nSPS) is 11.1. The topological polar surface area (TPSA) is 107 Å². The Balaban J connectivity index is 1.56. The van der Waals surface area contributed by atoms with E-state index in [1.165, 1.54) is 30.1 Å². The van der Waals surface area contributed by atoms with E-state index >= 15 is 0 Å². The number of aliphatic hydroxyl groups is 1. The quantitative estimate of drug-likeness (QED) is 0.285. The van der Waals surface area contributed by atoms with Gasteiger partial charge in [0.25, 0.3) is 0 Å². The van der Waals surface area contributed by atoms with Crippen molar-refractivity contribution < 1.29 is 23.4 Å². The highest BCUT2D eigenvalue weighted by Gasteiger charge is 2.20. The highest BCUT2D eigenvalue weighted by atomic mass is 19.1. The predicted octanol–water partition coefficient (Wildman–Crippen LogP) is 4.86. The number of para-hydroxylation sites is 1. The zero-order valence-electron chi connectivity index (χ0n) is 20.7. The Morgan fingerprint density at radius 3 is 2.61 bits per heavy atom. The number of aromatic nitrogens is 5. The first-order valence-corrected chi connectivity index (χ1v) is 11.8. The lowest BCUT2D eigenvalue weighted by molar-refractivity contribution is 0.282. The molecule has 0 amide bonds. The van der Waals surface area contributed by atoms with Crippen molar-refractivity contribution in [2.45, 2.75) is 20.1 Å². The summed E-state index contributed by atoms with van der Waals surface area (Å²) in [4.78, 5) is 13.1. The summed E-state index contributed by atoms with van der Waals surface area (Å²) in [6.45, 7) is 1.67. The number of methoxy groups -OCH3 is 1. The van der Waals surface area contributed by atoms with Crippen LogP contribution >= 0.6 is 0 Å². The molecule has 0 bridgehead atoms. The van der Waals surface area contributed by atoms with Crippen molar-refractivity contribution in [2.75, 3.05) is 19.0 Å². The molecule has 0 fully saturated rings. The number of nitrogens with one attached hydrogen (secondary N) is 1. The third-order valence-electron chi connectivity index (χ3n) is 5.91. The van der Waals surface area contributed by atoms with E-state index in [-0.39, 0.29) is 30.3 Å². The molecular formula is C27H24F2N6O3. The molecule has 2 N–H and O–H groups in total. The van der Waals surface area contributed by atoms with E-state index in [9.17, 15) is 13.9 Å². The van der Waals surface area contributed by atoms with Gasteiger partial charge in [0.1, 0.15) is 23.1 Å². The van der Waals surface area contributed by atoms with E-state index in [1.807, 2.05) is 24.3 Å². The van der Waals surface area contributed by atoms with E-state index < -0.39 is 11.6 Å². The molecule has 3 heterocycles. The summed E-state index contributed by atoms with van der Waals surface area (Å²) in [5.74, 6) is -0.326. The molecule has 5 aromatic rings. The molecule has 0 aliphatic carbocycles. The summed E-state index contributed by atoms with van der Waals surface area (Å²) in [7, 11) is 1.49. The molecule has 0 aliphatic heterocycles. The van der Waals surface area contributed by atoms with Crippen LogP contribution in [0, 0.1) is 11.6 Å². The van der Waals surface area contributed by atoms with Gasteiger partial charge >= 0.3 is 0 Å². The van der Waals surface area contributed by atoms with Crippen LogP contribution in [-0.2, 0) is 13.2 Å². The van der Waals surface area contributed by atoms with Crippen LogP contribution in [0.5, 0.6) is 11.5 Å². The van der Waals surface area contributed by atoms with E-state index in [1.54, 1.807) is 25.4 Å². The molecule has 0 saturated carbocycles. The van der Waals surface area contributed by atoms with Crippen LogP contribution < -0.4 is 14.8 Å². The van der Waals surface area contributed by atoms with Crippen molar-refractivity contribution in [2.24, 2.45) is 0 Å². The number of halogens is 2. The summed E-state index contributed by atoms with van der Waals surface area (Å²) in [6, 6.07) is 11.3. The van der Waals surface area contributed by atoms with E-state index in [2.05, 4.69) is 25.4 Å².